The Kier molecular flexibility index (Phi) is 3.60. The summed E-state index contributed by atoms with van der Waals surface area (Å²) in [6, 6.07) is 14.3. The second-order valence-corrected chi connectivity index (χ2v) is 5.10. The second-order valence-electron chi connectivity index (χ2n) is 5.10. The molecule has 0 spiro atoms. The summed E-state index contributed by atoms with van der Waals surface area (Å²) in [4.78, 5) is 15.9. The standard InChI is InChI=1S/C17H17NO3/c1-11(17(19)20-2)16-18-10-15(21-16)14-9-5-7-12-6-3-4-8-13(12)14/h3-9,11,15H,10H2,1-2H3. The van der Waals surface area contributed by atoms with E-state index in [0.717, 1.165) is 10.9 Å². The lowest BCUT2D eigenvalue weighted by Gasteiger charge is -2.16. The van der Waals surface area contributed by atoms with E-state index >= 15 is 0 Å². The van der Waals surface area contributed by atoms with Crippen LogP contribution in [-0.4, -0.2) is 25.5 Å². The van der Waals surface area contributed by atoms with E-state index in [1.165, 1.54) is 12.5 Å². The molecular weight excluding hydrogens is 266 g/mol. The van der Waals surface area contributed by atoms with Crippen LogP contribution in [0.3, 0.4) is 0 Å². The molecule has 4 nitrogen and oxygen atoms in total. The van der Waals surface area contributed by atoms with Crippen LogP contribution in [0.2, 0.25) is 0 Å². The number of methoxy groups -OCH3 is 1. The van der Waals surface area contributed by atoms with Crippen molar-refractivity contribution in [3.63, 3.8) is 0 Å². The van der Waals surface area contributed by atoms with Gasteiger partial charge in [-0.25, -0.2) is 0 Å². The number of carbonyl (C=O) groups is 1. The number of benzene rings is 2. The molecule has 3 rings (SSSR count). The van der Waals surface area contributed by atoms with Crippen molar-refractivity contribution >= 4 is 22.6 Å². The first-order valence-electron chi connectivity index (χ1n) is 6.97. The van der Waals surface area contributed by atoms with Crippen molar-refractivity contribution < 1.29 is 14.3 Å². The predicted molar refractivity (Wildman–Crippen MR) is 81.3 cm³/mol. The molecule has 0 amide bonds. The van der Waals surface area contributed by atoms with Gasteiger partial charge in [0.2, 0.25) is 0 Å². The van der Waals surface area contributed by atoms with Crippen molar-refractivity contribution in [2.24, 2.45) is 10.9 Å². The van der Waals surface area contributed by atoms with Crippen LogP contribution >= 0.6 is 0 Å². The van der Waals surface area contributed by atoms with Gasteiger partial charge in [-0.15, -0.1) is 0 Å². The molecule has 108 valence electrons. The predicted octanol–water partition coefficient (Wildman–Crippen LogP) is 3.12. The van der Waals surface area contributed by atoms with Crippen molar-refractivity contribution in [3.8, 4) is 0 Å². The maximum Gasteiger partial charge on any atom is 0.317 e. The van der Waals surface area contributed by atoms with Crippen LogP contribution in [0.5, 0.6) is 0 Å². The average Bonchev–Trinajstić information content (AvgIpc) is 3.02. The minimum Gasteiger partial charge on any atom is -0.470 e. The molecule has 0 bridgehead atoms. The Morgan fingerprint density at radius 3 is 2.86 bits per heavy atom. The molecule has 0 fully saturated rings. The van der Waals surface area contributed by atoms with Gasteiger partial charge in [-0.2, -0.15) is 0 Å². The number of aliphatic imine (C=N–C) groups is 1. The van der Waals surface area contributed by atoms with Gasteiger partial charge in [0, 0.05) is 5.56 Å². The summed E-state index contributed by atoms with van der Waals surface area (Å²) in [5.74, 6) is -0.331. The molecule has 0 saturated heterocycles. The van der Waals surface area contributed by atoms with Crippen LogP contribution < -0.4 is 0 Å². The van der Waals surface area contributed by atoms with E-state index in [1.807, 2.05) is 24.3 Å². The third kappa shape index (κ3) is 2.49. The van der Waals surface area contributed by atoms with Gasteiger partial charge in [0.15, 0.2) is 5.90 Å². The highest BCUT2D eigenvalue weighted by molar-refractivity contribution is 5.98. The number of hydrogen-bond donors (Lipinski definition) is 0. The van der Waals surface area contributed by atoms with E-state index in [-0.39, 0.29) is 12.1 Å². The first-order valence-corrected chi connectivity index (χ1v) is 6.97. The van der Waals surface area contributed by atoms with E-state index in [0.29, 0.717) is 12.4 Å². The molecule has 2 aromatic rings. The molecule has 1 aliphatic rings. The van der Waals surface area contributed by atoms with Crippen molar-refractivity contribution in [2.75, 3.05) is 13.7 Å². The number of rotatable bonds is 3. The molecule has 0 saturated carbocycles. The Labute approximate surface area is 123 Å². The van der Waals surface area contributed by atoms with Gasteiger partial charge in [-0.1, -0.05) is 42.5 Å². The Balaban J connectivity index is 1.85. The molecular formula is C17H17NO3. The maximum atomic E-state index is 11.6. The van der Waals surface area contributed by atoms with E-state index < -0.39 is 5.92 Å². The minimum atomic E-state index is -0.463. The summed E-state index contributed by atoms with van der Waals surface area (Å²) >= 11 is 0. The second kappa shape index (κ2) is 5.56. The lowest BCUT2D eigenvalue weighted by molar-refractivity contribution is -0.142. The van der Waals surface area contributed by atoms with Gasteiger partial charge in [-0.3, -0.25) is 9.79 Å². The van der Waals surface area contributed by atoms with Gasteiger partial charge in [0.25, 0.3) is 0 Å². The summed E-state index contributed by atoms with van der Waals surface area (Å²) in [5.41, 5.74) is 1.10. The van der Waals surface area contributed by atoms with Crippen molar-refractivity contribution in [1.29, 1.82) is 0 Å². The van der Waals surface area contributed by atoms with Crippen molar-refractivity contribution in [3.05, 3.63) is 48.0 Å². The van der Waals surface area contributed by atoms with E-state index in [9.17, 15) is 4.79 Å². The smallest absolute Gasteiger partial charge is 0.317 e. The zero-order valence-corrected chi connectivity index (χ0v) is 12.1. The molecule has 1 heterocycles. The highest BCUT2D eigenvalue weighted by Crippen LogP contribution is 2.31. The first-order chi connectivity index (χ1) is 10.2. The van der Waals surface area contributed by atoms with Crippen LogP contribution in [-0.2, 0) is 14.3 Å². The van der Waals surface area contributed by atoms with Crippen LogP contribution in [0, 0.1) is 5.92 Å². The molecule has 0 aliphatic carbocycles. The van der Waals surface area contributed by atoms with Crippen LogP contribution in [0.1, 0.15) is 18.6 Å². The van der Waals surface area contributed by atoms with Gasteiger partial charge >= 0.3 is 5.97 Å². The SMILES string of the molecule is COC(=O)C(C)C1=NCC(c2cccc3ccccc23)O1. The number of esters is 1. The monoisotopic (exact) mass is 283 g/mol. The maximum absolute atomic E-state index is 11.6. The molecule has 2 unspecified atom stereocenters. The highest BCUT2D eigenvalue weighted by atomic mass is 16.5. The zero-order valence-electron chi connectivity index (χ0n) is 12.1. The number of fused-ring (bicyclic) bond motifs is 1. The topological polar surface area (TPSA) is 47.9 Å². The fourth-order valence-electron chi connectivity index (χ4n) is 2.60. The Morgan fingerprint density at radius 1 is 1.29 bits per heavy atom. The lowest BCUT2D eigenvalue weighted by atomic mass is 10.0. The number of carbonyl (C=O) groups excluding carboxylic acids is 1. The summed E-state index contributed by atoms with van der Waals surface area (Å²) in [5, 5.41) is 2.33. The average molecular weight is 283 g/mol. The third-order valence-corrected chi connectivity index (χ3v) is 3.77. The molecule has 2 aromatic carbocycles. The molecule has 0 N–H and O–H groups in total. The van der Waals surface area contributed by atoms with Gasteiger partial charge in [0.1, 0.15) is 12.0 Å². The fourth-order valence-corrected chi connectivity index (χ4v) is 2.60. The molecule has 0 radical (unpaired) electrons. The molecule has 4 heteroatoms. The van der Waals surface area contributed by atoms with Crippen LogP contribution in [0.4, 0.5) is 0 Å². The highest BCUT2D eigenvalue weighted by Gasteiger charge is 2.30. The van der Waals surface area contributed by atoms with Crippen LogP contribution in [0.25, 0.3) is 10.8 Å². The summed E-state index contributed by atoms with van der Waals surface area (Å²) in [7, 11) is 1.37. The third-order valence-electron chi connectivity index (χ3n) is 3.77. The Hall–Kier alpha value is -2.36. The fraction of sp³-hybridized carbons (Fsp3) is 0.294. The summed E-state index contributed by atoms with van der Waals surface area (Å²) in [6.07, 6.45) is -0.141. The molecule has 21 heavy (non-hydrogen) atoms. The van der Waals surface area contributed by atoms with Gasteiger partial charge < -0.3 is 9.47 Å². The largest absolute Gasteiger partial charge is 0.470 e. The van der Waals surface area contributed by atoms with E-state index in [2.05, 4.69) is 23.2 Å². The number of ether oxygens (including phenoxy) is 2. The lowest BCUT2D eigenvalue weighted by Crippen LogP contribution is -2.23. The van der Waals surface area contributed by atoms with Crippen molar-refractivity contribution in [1.82, 2.24) is 0 Å². The number of nitrogens with zero attached hydrogens (tertiary/aromatic N) is 1. The van der Waals surface area contributed by atoms with Crippen molar-refractivity contribution in [2.45, 2.75) is 13.0 Å². The Bertz CT molecular complexity index is 703. The number of hydrogen-bond acceptors (Lipinski definition) is 4. The summed E-state index contributed by atoms with van der Waals surface area (Å²) < 4.78 is 10.6. The first kappa shape index (κ1) is 13.6. The van der Waals surface area contributed by atoms with Crippen LogP contribution in [0.15, 0.2) is 47.5 Å². The molecule has 1 aliphatic heterocycles. The van der Waals surface area contributed by atoms with Gasteiger partial charge in [-0.05, 0) is 17.7 Å². The molecule has 0 aromatic heterocycles. The summed E-state index contributed by atoms with van der Waals surface area (Å²) in [6.45, 7) is 2.28. The normalized spacial score (nSPS) is 19.0. The van der Waals surface area contributed by atoms with E-state index in [4.69, 9.17) is 9.47 Å². The zero-order chi connectivity index (χ0) is 14.8. The van der Waals surface area contributed by atoms with Gasteiger partial charge in [0.05, 0.1) is 13.7 Å². The molecule has 2 atom stereocenters. The minimum absolute atomic E-state index is 0.141. The van der Waals surface area contributed by atoms with E-state index in [1.54, 1.807) is 6.92 Å². The quantitative estimate of drug-likeness (QED) is 0.813. The Morgan fingerprint density at radius 2 is 2.05 bits per heavy atom.